The zero-order valence-electron chi connectivity index (χ0n) is 9.18. The minimum Gasteiger partial charge on any atom is -0.381 e. The van der Waals surface area contributed by atoms with E-state index in [2.05, 4.69) is 21.2 Å². The lowest BCUT2D eigenvalue weighted by Crippen LogP contribution is -1.99. The molecule has 2 aromatic rings. The third-order valence-electron chi connectivity index (χ3n) is 2.34. The first-order valence-electron chi connectivity index (χ1n) is 5.18. The first kappa shape index (κ1) is 13.7. The molecule has 0 aliphatic heterocycles. The van der Waals surface area contributed by atoms with Gasteiger partial charge in [0.15, 0.2) is 0 Å². The summed E-state index contributed by atoms with van der Waals surface area (Å²) in [5.74, 6) is -0.302. The number of anilines is 1. The molecular weight excluding hydrogens is 340 g/mol. The normalized spacial score (nSPS) is 10.4. The Morgan fingerprint density at radius 1 is 1.06 bits per heavy atom. The van der Waals surface area contributed by atoms with Gasteiger partial charge >= 0.3 is 0 Å². The van der Waals surface area contributed by atoms with Crippen LogP contribution in [0.1, 0.15) is 5.56 Å². The molecule has 0 amide bonds. The van der Waals surface area contributed by atoms with E-state index in [1.54, 1.807) is 18.2 Å². The van der Waals surface area contributed by atoms with E-state index in [1.807, 2.05) is 12.1 Å². The summed E-state index contributed by atoms with van der Waals surface area (Å²) in [5, 5.41) is 4.27. The van der Waals surface area contributed by atoms with Gasteiger partial charge in [0.1, 0.15) is 5.82 Å². The fourth-order valence-corrected chi connectivity index (χ4v) is 2.34. The van der Waals surface area contributed by atoms with Crippen LogP contribution in [0.25, 0.3) is 0 Å². The Morgan fingerprint density at radius 3 is 2.33 bits per heavy atom. The number of halogens is 4. The molecule has 0 saturated heterocycles. The van der Waals surface area contributed by atoms with Crippen LogP contribution in [0.3, 0.4) is 0 Å². The Bertz CT molecular complexity index is 555. The summed E-state index contributed by atoms with van der Waals surface area (Å²) in [6.45, 7) is 0.529. The molecule has 0 aliphatic rings. The second-order valence-corrected chi connectivity index (χ2v) is 5.49. The Kier molecular flexibility index (Phi) is 4.49. The van der Waals surface area contributed by atoms with Crippen molar-refractivity contribution in [2.75, 3.05) is 5.32 Å². The van der Waals surface area contributed by atoms with Gasteiger partial charge in [0.05, 0.1) is 4.47 Å². The van der Waals surface area contributed by atoms with Gasteiger partial charge in [-0.25, -0.2) is 4.39 Å². The SMILES string of the molecule is Fc1cc(NCc2cc(Cl)cc(Cl)c2)ccc1Br. The average molecular weight is 349 g/mol. The van der Waals surface area contributed by atoms with Crippen molar-refractivity contribution < 1.29 is 4.39 Å². The highest BCUT2D eigenvalue weighted by Crippen LogP contribution is 2.22. The van der Waals surface area contributed by atoms with E-state index in [4.69, 9.17) is 23.2 Å². The van der Waals surface area contributed by atoms with Gasteiger partial charge in [-0.2, -0.15) is 0 Å². The minimum atomic E-state index is -0.302. The van der Waals surface area contributed by atoms with Crippen LogP contribution in [-0.2, 0) is 6.54 Å². The molecular formula is C13H9BrCl2FN. The number of hydrogen-bond acceptors (Lipinski definition) is 1. The zero-order valence-corrected chi connectivity index (χ0v) is 12.3. The summed E-state index contributed by atoms with van der Waals surface area (Å²) in [4.78, 5) is 0. The molecule has 0 spiro atoms. The van der Waals surface area contributed by atoms with Gasteiger partial charge in [-0.1, -0.05) is 23.2 Å². The van der Waals surface area contributed by atoms with Crippen molar-refractivity contribution in [2.45, 2.75) is 6.54 Å². The van der Waals surface area contributed by atoms with E-state index in [9.17, 15) is 4.39 Å². The molecule has 5 heteroatoms. The molecule has 0 unspecified atom stereocenters. The lowest BCUT2D eigenvalue weighted by atomic mass is 10.2. The van der Waals surface area contributed by atoms with Crippen LogP contribution in [0.5, 0.6) is 0 Å². The molecule has 0 heterocycles. The van der Waals surface area contributed by atoms with Gasteiger partial charge < -0.3 is 5.32 Å². The third kappa shape index (κ3) is 3.61. The molecule has 0 fully saturated rings. The maximum Gasteiger partial charge on any atom is 0.139 e. The van der Waals surface area contributed by atoms with Gasteiger partial charge in [-0.05, 0) is 57.9 Å². The highest BCUT2D eigenvalue weighted by atomic mass is 79.9. The highest BCUT2D eigenvalue weighted by molar-refractivity contribution is 9.10. The van der Waals surface area contributed by atoms with E-state index in [0.717, 1.165) is 5.56 Å². The van der Waals surface area contributed by atoms with E-state index in [1.165, 1.54) is 6.07 Å². The molecule has 0 saturated carbocycles. The van der Waals surface area contributed by atoms with Crippen molar-refractivity contribution in [3.63, 3.8) is 0 Å². The monoisotopic (exact) mass is 347 g/mol. The van der Waals surface area contributed by atoms with Crippen LogP contribution in [0.2, 0.25) is 10.0 Å². The van der Waals surface area contributed by atoms with Crippen molar-refractivity contribution in [1.82, 2.24) is 0 Å². The summed E-state index contributed by atoms with van der Waals surface area (Å²) in [6, 6.07) is 10.2. The average Bonchev–Trinajstić information content (AvgIpc) is 2.29. The van der Waals surface area contributed by atoms with Crippen LogP contribution < -0.4 is 5.32 Å². The van der Waals surface area contributed by atoms with Gasteiger partial charge in [0.2, 0.25) is 0 Å². The maximum atomic E-state index is 13.3. The molecule has 18 heavy (non-hydrogen) atoms. The van der Waals surface area contributed by atoms with E-state index >= 15 is 0 Å². The second-order valence-electron chi connectivity index (χ2n) is 3.76. The molecule has 2 aromatic carbocycles. The van der Waals surface area contributed by atoms with Gasteiger partial charge in [-0.15, -0.1) is 0 Å². The highest BCUT2D eigenvalue weighted by Gasteiger charge is 2.02. The predicted molar refractivity (Wildman–Crippen MR) is 77.9 cm³/mol. The Hall–Kier alpha value is -0.770. The largest absolute Gasteiger partial charge is 0.381 e. The van der Waals surface area contributed by atoms with E-state index in [0.29, 0.717) is 26.8 Å². The van der Waals surface area contributed by atoms with E-state index in [-0.39, 0.29) is 5.82 Å². The third-order valence-corrected chi connectivity index (χ3v) is 3.42. The number of nitrogens with one attached hydrogen (secondary N) is 1. The molecule has 1 nitrogen and oxygen atoms in total. The molecule has 0 aliphatic carbocycles. The fraction of sp³-hybridized carbons (Fsp3) is 0.0769. The second kappa shape index (κ2) is 5.91. The number of hydrogen-bond donors (Lipinski definition) is 1. The van der Waals surface area contributed by atoms with Crippen molar-refractivity contribution in [3.8, 4) is 0 Å². The van der Waals surface area contributed by atoms with Gasteiger partial charge in [-0.3, -0.25) is 0 Å². The molecule has 1 N–H and O–H groups in total. The topological polar surface area (TPSA) is 12.0 Å². The standard InChI is InChI=1S/C13H9BrCl2FN/c14-12-2-1-11(6-13(12)17)18-7-8-3-9(15)5-10(16)4-8/h1-6,18H,7H2. The van der Waals surface area contributed by atoms with Crippen LogP contribution in [0, 0.1) is 5.82 Å². The molecule has 0 radical (unpaired) electrons. The van der Waals surface area contributed by atoms with Gasteiger partial charge in [0, 0.05) is 22.3 Å². The summed E-state index contributed by atoms with van der Waals surface area (Å²) in [5.41, 5.74) is 1.64. The fourth-order valence-electron chi connectivity index (χ4n) is 1.52. The summed E-state index contributed by atoms with van der Waals surface area (Å²) in [6.07, 6.45) is 0. The zero-order chi connectivity index (χ0) is 13.1. The first-order chi connectivity index (χ1) is 8.54. The van der Waals surface area contributed by atoms with E-state index < -0.39 is 0 Å². The lowest BCUT2D eigenvalue weighted by molar-refractivity contribution is 0.621. The quantitative estimate of drug-likeness (QED) is 0.771. The van der Waals surface area contributed by atoms with Crippen molar-refractivity contribution in [3.05, 3.63) is 62.3 Å². The maximum absolute atomic E-state index is 13.3. The molecule has 0 bridgehead atoms. The van der Waals surface area contributed by atoms with Crippen molar-refractivity contribution in [2.24, 2.45) is 0 Å². The number of benzene rings is 2. The Balaban J connectivity index is 2.08. The van der Waals surface area contributed by atoms with Crippen LogP contribution >= 0.6 is 39.1 Å². The van der Waals surface area contributed by atoms with Crippen LogP contribution in [-0.4, -0.2) is 0 Å². The number of rotatable bonds is 3. The summed E-state index contributed by atoms with van der Waals surface area (Å²) >= 11 is 14.9. The van der Waals surface area contributed by atoms with Crippen molar-refractivity contribution >= 4 is 44.8 Å². The van der Waals surface area contributed by atoms with Crippen molar-refractivity contribution in [1.29, 1.82) is 0 Å². The lowest BCUT2D eigenvalue weighted by Gasteiger charge is -2.08. The minimum absolute atomic E-state index is 0.302. The Morgan fingerprint density at radius 2 is 1.72 bits per heavy atom. The summed E-state index contributed by atoms with van der Waals surface area (Å²) in [7, 11) is 0. The van der Waals surface area contributed by atoms with Gasteiger partial charge in [0.25, 0.3) is 0 Å². The molecule has 94 valence electrons. The summed E-state index contributed by atoms with van der Waals surface area (Å²) < 4.78 is 13.7. The van der Waals surface area contributed by atoms with Crippen LogP contribution in [0.15, 0.2) is 40.9 Å². The Labute approximate surface area is 123 Å². The molecule has 0 aromatic heterocycles. The first-order valence-corrected chi connectivity index (χ1v) is 6.73. The smallest absolute Gasteiger partial charge is 0.139 e. The molecule has 2 rings (SSSR count). The van der Waals surface area contributed by atoms with Crippen LogP contribution in [0.4, 0.5) is 10.1 Å². The molecule has 0 atom stereocenters. The predicted octanol–water partition coefficient (Wildman–Crippen LogP) is 5.51.